The first-order chi connectivity index (χ1) is 13.0. The number of rotatable bonds is 8. The fourth-order valence-corrected chi connectivity index (χ4v) is 2.34. The van der Waals surface area contributed by atoms with Crippen LogP contribution in [0.15, 0.2) is 42.9 Å². The number of methoxy groups -OCH3 is 1. The van der Waals surface area contributed by atoms with Crippen LogP contribution in [0.2, 0.25) is 0 Å². The minimum Gasteiger partial charge on any atom is -0.467 e. The first kappa shape index (κ1) is 20.0. The van der Waals surface area contributed by atoms with Crippen molar-refractivity contribution in [2.75, 3.05) is 7.11 Å². The Morgan fingerprint density at radius 2 is 1.93 bits per heavy atom. The number of ether oxygens (including phenoxy) is 2. The van der Waals surface area contributed by atoms with Gasteiger partial charge in [-0.2, -0.15) is 0 Å². The standard InChI is InChI=1S/C18H22N4O5/c1-3-14(23)21-15(13-9-19-11-20-13)16(17(24)26-2)22-18(25)27-10-12-7-5-4-6-8-12/h4-9,11,15-16H,3,10H2,1-2H3,(H,19,20)(H,21,23)(H,22,25)/t15?,16-/m0/s1. The summed E-state index contributed by atoms with van der Waals surface area (Å²) < 4.78 is 9.93. The number of imidazole rings is 1. The molecule has 0 aliphatic rings. The monoisotopic (exact) mass is 374 g/mol. The van der Waals surface area contributed by atoms with Crippen LogP contribution in [0, 0.1) is 0 Å². The van der Waals surface area contributed by atoms with E-state index in [9.17, 15) is 14.4 Å². The van der Waals surface area contributed by atoms with Gasteiger partial charge in [-0.15, -0.1) is 0 Å². The van der Waals surface area contributed by atoms with Gasteiger partial charge >= 0.3 is 12.1 Å². The van der Waals surface area contributed by atoms with Gasteiger partial charge in [0.2, 0.25) is 5.91 Å². The zero-order valence-electron chi connectivity index (χ0n) is 15.1. The number of aromatic nitrogens is 2. The molecule has 1 aromatic carbocycles. The second kappa shape index (κ2) is 9.95. The molecule has 2 atom stereocenters. The van der Waals surface area contributed by atoms with Gasteiger partial charge in [-0.05, 0) is 5.56 Å². The highest BCUT2D eigenvalue weighted by Gasteiger charge is 2.34. The Bertz CT molecular complexity index is 748. The minimum atomic E-state index is -1.21. The molecule has 9 heteroatoms. The van der Waals surface area contributed by atoms with Crippen LogP contribution in [0.3, 0.4) is 0 Å². The summed E-state index contributed by atoms with van der Waals surface area (Å²) in [5.74, 6) is -1.05. The molecular formula is C18H22N4O5. The number of nitrogens with zero attached hydrogens (tertiary/aromatic N) is 1. The van der Waals surface area contributed by atoms with E-state index in [0.29, 0.717) is 5.69 Å². The van der Waals surface area contributed by atoms with Crippen molar-refractivity contribution in [3.63, 3.8) is 0 Å². The summed E-state index contributed by atoms with van der Waals surface area (Å²) in [7, 11) is 1.19. The van der Waals surface area contributed by atoms with Crippen LogP contribution >= 0.6 is 0 Å². The molecule has 2 amide bonds. The van der Waals surface area contributed by atoms with Crippen molar-refractivity contribution in [1.82, 2.24) is 20.6 Å². The summed E-state index contributed by atoms with van der Waals surface area (Å²) in [6, 6.07) is 6.97. The molecule has 0 fully saturated rings. The van der Waals surface area contributed by atoms with Gasteiger partial charge in [0.1, 0.15) is 12.6 Å². The van der Waals surface area contributed by atoms with Crippen molar-refractivity contribution in [3.05, 3.63) is 54.1 Å². The maximum absolute atomic E-state index is 12.2. The number of hydrogen-bond donors (Lipinski definition) is 3. The average molecular weight is 374 g/mol. The maximum atomic E-state index is 12.2. The number of alkyl carbamates (subject to hydrolysis) is 1. The van der Waals surface area contributed by atoms with Crippen LogP contribution in [0.5, 0.6) is 0 Å². The molecule has 0 spiro atoms. The molecule has 1 aromatic heterocycles. The maximum Gasteiger partial charge on any atom is 0.408 e. The Morgan fingerprint density at radius 3 is 2.52 bits per heavy atom. The Balaban J connectivity index is 2.12. The normalized spacial score (nSPS) is 12.5. The van der Waals surface area contributed by atoms with E-state index in [1.165, 1.54) is 19.6 Å². The van der Waals surface area contributed by atoms with E-state index in [0.717, 1.165) is 5.56 Å². The van der Waals surface area contributed by atoms with Crippen molar-refractivity contribution in [2.24, 2.45) is 0 Å². The first-order valence-electron chi connectivity index (χ1n) is 8.38. The Hall–Kier alpha value is -3.36. The lowest BCUT2D eigenvalue weighted by atomic mass is 10.1. The number of benzene rings is 1. The zero-order chi connectivity index (χ0) is 19.6. The summed E-state index contributed by atoms with van der Waals surface area (Å²) in [5, 5.41) is 5.12. The molecule has 2 aromatic rings. The summed E-state index contributed by atoms with van der Waals surface area (Å²) in [6.07, 6.45) is 2.31. The lowest BCUT2D eigenvalue weighted by molar-refractivity contribution is -0.144. The Labute approximate surface area is 156 Å². The van der Waals surface area contributed by atoms with E-state index in [-0.39, 0.29) is 18.9 Å². The third-order valence-electron chi connectivity index (χ3n) is 3.75. The molecule has 0 radical (unpaired) electrons. The predicted octanol–water partition coefficient (Wildman–Crippen LogP) is 1.44. The van der Waals surface area contributed by atoms with E-state index in [1.54, 1.807) is 19.1 Å². The molecular weight excluding hydrogens is 352 g/mol. The number of carbonyl (C=O) groups is 3. The van der Waals surface area contributed by atoms with E-state index in [2.05, 4.69) is 20.6 Å². The molecule has 0 saturated carbocycles. The van der Waals surface area contributed by atoms with Gasteiger partial charge in [0.05, 0.1) is 19.1 Å². The predicted molar refractivity (Wildman–Crippen MR) is 95.3 cm³/mol. The summed E-state index contributed by atoms with van der Waals surface area (Å²) in [5.41, 5.74) is 1.17. The van der Waals surface area contributed by atoms with Crippen LogP contribution in [-0.2, 0) is 25.7 Å². The summed E-state index contributed by atoms with van der Waals surface area (Å²) >= 11 is 0. The molecule has 2 rings (SSSR count). The molecule has 0 saturated heterocycles. The molecule has 0 bridgehead atoms. The number of hydrogen-bond acceptors (Lipinski definition) is 6. The van der Waals surface area contributed by atoms with Crippen molar-refractivity contribution in [2.45, 2.75) is 32.0 Å². The fourth-order valence-electron chi connectivity index (χ4n) is 2.34. The molecule has 3 N–H and O–H groups in total. The third kappa shape index (κ3) is 5.84. The largest absolute Gasteiger partial charge is 0.467 e. The van der Waals surface area contributed by atoms with Crippen LogP contribution in [0.1, 0.15) is 30.6 Å². The van der Waals surface area contributed by atoms with Gasteiger partial charge in [-0.1, -0.05) is 37.3 Å². The topological polar surface area (TPSA) is 122 Å². The molecule has 144 valence electrons. The molecule has 1 unspecified atom stereocenters. The molecule has 27 heavy (non-hydrogen) atoms. The van der Waals surface area contributed by atoms with Gasteiger partial charge in [0.25, 0.3) is 0 Å². The lowest BCUT2D eigenvalue weighted by Gasteiger charge is -2.25. The van der Waals surface area contributed by atoms with Gasteiger partial charge in [-0.25, -0.2) is 14.6 Å². The number of carbonyl (C=O) groups excluding carboxylic acids is 3. The van der Waals surface area contributed by atoms with Gasteiger partial charge in [0.15, 0.2) is 6.04 Å². The molecule has 9 nitrogen and oxygen atoms in total. The molecule has 0 aliphatic carbocycles. The number of amides is 2. The highest BCUT2D eigenvalue weighted by molar-refractivity contribution is 5.84. The van der Waals surface area contributed by atoms with E-state index < -0.39 is 24.1 Å². The van der Waals surface area contributed by atoms with Crippen molar-refractivity contribution >= 4 is 18.0 Å². The summed E-state index contributed by atoms with van der Waals surface area (Å²) in [6.45, 7) is 1.71. The number of aromatic amines is 1. The number of H-pyrrole nitrogens is 1. The Morgan fingerprint density at radius 1 is 1.19 bits per heavy atom. The van der Waals surface area contributed by atoms with Crippen LogP contribution in [0.25, 0.3) is 0 Å². The SMILES string of the molecule is CCC(=O)NC(c1c[nH]cn1)[C@H](NC(=O)OCc1ccccc1)C(=O)OC. The number of nitrogens with one attached hydrogen (secondary N) is 3. The van der Waals surface area contributed by atoms with Crippen LogP contribution in [0.4, 0.5) is 4.79 Å². The summed E-state index contributed by atoms with van der Waals surface area (Å²) in [4.78, 5) is 43.2. The third-order valence-corrected chi connectivity index (χ3v) is 3.75. The first-order valence-corrected chi connectivity index (χ1v) is 8.38. The van der Waals surface area contributed by atoms with E-state index in [1.807, 2.05) is 18.2 Å². The average Bonchev–Trinajstić information content (AvgIpc) is 3.23. The quantitative estimate of drug-likeness (QED) is 0.601. The van der Waals surface area contributed by atoms with Crippen molar-refractivity contribution < 1.29 is 23.9 Å². The second-order valence-corrected chi connectivity index (χ2v) is 5.60. The van der Waals surface area contributed by atoms with Crippen LogP contribution < -0.4 is 10.6 Å². The zero-order valence-corrected chi connectivity index (χ0v) is 15.1. The lowest BCUT2D eigenvalue weighted by Crippen LogP contribution is -2.51. The van der Waals surface area contributed by atoms with Crippen molar-refractivity contribution in [3.8, 4) is 0 Å². The highest BCUT2D eigenvalue weighted by Crippen LogP contribution is 2.16. The van der Waals surface area contributed by atoms with E-state index in [4.69, 9.17) is 9.47 Å². The fraction of sp³-hybridized carbons (Fsp3) is 0.333. The molecule has 1 heterocycles. The minimum absolute atomic E-state index is 0.0367. The number of esters is 1. The van der Waals surface area contributed by atoms with Crippen LogP contribution in [-0.4, -0.2) is 41.1 Å². The van der Waals surface area contributed by atoms with Gasteiger partial charge < -0.3 is 25.1 Å². The second-order valence-electron chi connectivity index (χ2n) is 5.60. The van der Waals surface area contributed by atoms with E-state index >= 15 is 0 Å². The Kier molecular flexibility index (Phi) is 7.36. The highest BCUT2D eigenvalue weighted by atomic mass is 16.6. The molecule has 0 aliphatic heterocycles. The van der Waals surface area contributed by atoms with Gasteiger partial charge in [-0.3, -0.25) is 4.79 Å². The van der Waals surface area contributed by atoms with Gasteiger partial charge in [0, 0.05) is 12.6 Å². The van der Waals surface area contributed by atoms with Crippen molar-refractivity contribution in [1.29, 1.82) is 0 Å². The smallest absolute Gasteiger partial charge is 0.408 e.